The second-order valence-electron chi connectivity index (χ2n) is 0.969. The fourth-order valence-corrected chi connectivity index (χ4v) is 0. The van der Waals surface area contributed by atoms with Crippen LogP contribution in [0, 0.1) is 12.6 Å². The quantitative estimate of drug-likeness (QED) is 0.427. The summed E-state index contributed by atoms with van der Waals surface area (Å²) in [5, 5.41) is -1.94. The molecule has 0 heterocycles. The molecular weight excluding hydrogens is 222 g/mol. The van der Waals surface area contributed by atoms with Crippen LogP contribution in [-0.4, -0.2) is 0 Å². The summed E-state index contributed by atoms with van der Waals surface area (Å²) in [6.07, 6.45) is 0.372. The van der Waals surface area contributed by atoms with Gasteiger partial charge in [0.2, 0.25) is 0 Å². The number of rotatable bonds is 0. The molecule has 0 N–H and O–H groups in total. The molecule has 0 bridgehead atoms. The highest BCUT2D eigenvalue weighted by Gasteiger charge is 1.95. The van der Waals surface area contributed by atoms with E-state index in [1.165, 1.54) is 0 Å². The molecule has 0 saturated carbocycles. The average Bonchev–Trinajstić information content (AvgIpc) is 1.87. The first kappa shape index (κ1) is 17.9. The van der Waals surface area contributed by atoms with Crippen LogP contribution in [0.5, 0.6) is 0 Å². The maximum Gasteiger partial charge on any atom is 0.317 e. The molecule has 0 aromatic carbocycles. The van der Waals surface area contributed by atoms with Gasteiger partial charge in [-0.3, -0.25) is 0 Å². The van der Waals surface area contributed by atoms with Gasteiger partial charge in [0, 0.05) is 0 Å². The fraction of sp³-hybridized carbons (Fsp3) is 0. The smallest absolute Gasteiger partial charge is 0.188 e. The Morgan fingerprint density at radius 1 is 1.15 bits per heavy atom. The van der Waals surface area contributed by atoms with Crippen molar-refractivity contribution < 1.29 is 26.3 Å². The Balaban J connectivity index is -0.000000125. The van der Waals surface area contributed by atoms with Gasteiger partial charge in [-0.15, -0.1) is 4.39 Å². The van der Waals surface area contributed by atoms with E-state index in [9.17, 15) is 26.3 Å². The molecule has 0 unspecified atom stereocenters. The molecule has 0 rings (SSSR count). The molecule has 76 valence electrons. The molecule has 7 heteroatoms. The van der Waals surface area contributed by atoms with Crippen molar-refractivity contribution in [3.8, 4) is 12.6 Å². The third-order valence-corrected chi connectivity index (χ3v) is 0.286. The molecule has 0 aliphatic heterocycles. The van der Waals surface area contributed by atoms with E-state index in [0.29, 0.717) is 0 Å². The lowest BCUT2D eigenvalue weighted by atomic mass is 11.1. The number of terminal acetylenes is 1. The highest BCUT2D eigenvalue weighted by atomic mass is 35.5. The minimum atomic E-state index is -2.48. The van der Waals surface area contributed by atoms with E-state index in [0.717, 1.165) is 6.17 Å². The van der Waals surface area contributed by atoms with Crippen molar-refractivity contribution in [2.24, 2.45) is 0 Å². The second-order valence-corrected chi connectivity index (χ2v) is 1.30. The van der Waals surface area contributed by atoms with E-state index in [-0.39, 0.29) is 0 Å². The van der Waals surface area contributed by atoms with Crippen LogP contribution in [0.4, 0.5) is 26.3 Å². The molecule has 0 saturated heterocycles. The first-order chi connectivity index (χ1) is 5.79. The minimum Gasteiger partial charge on any atom is -0.188 e. The van der Waals surface area contributed by atoms with Gasteiger partial charge in [0.1, 0.15) is 6.17 Å². The van der Waals surface area contributed by atoms with Crippen LogP contribution in [0.15, 0.2) is 24.0 Å². The molecule has 0 atom stereocenters. The van der Waals surface area contributed by atoms with E-state index in [1.54, 1.807) is 0 Å². The average molecular weight is 225 g/mol. The molecule has 0 aliphatic carbocycles. The van der Waals surface area contributed by atoms with Gasteiger partial charge in [-0.05, 0) is 18.2 Å². The minimum absolute atomic E-state index is 0.750. The largest absolute Gasteiger partial charge is 0.317 e. The van der Waals surface area contributed by atoms with Crippen LogP contribution in [0.3, 0.4) is 0 Å². The van der Waals surface area contributed by atoms with Crippen molar-refractivity contribution in [3.05, 3.63) is 24.0 Å². The van der Waals surface area contributed by atoms with Crippen LogP contribution in [0.1, 0.15) is 0 Å². The molecule has 0 fully saturated rings. The summed E-state index contributed by atoms with van der Waals surface area (Å²) in [6, 6.07) is 0. The first-order valence-corrected chi connectivity index (χ1v) is 2.59. The second kappa shape index (κ2) is 13.5. The Morgan fingerprint density at radius 2 is 1.23 bits per heavy atom. The number of hydrogen-bond donors (Lipinski definition) is 0. The van der Waals surface area contributed by atoms with E-state index in [2.05, 4.69) is 24.6 Å². The summed E-state index contributed by atoms with van der Waals surface area (Å²) in [6.45, 7) is 2.22. The summed E-state index contributed by atoms with van der Waals surface area (Å²) in [5.41, 5.74) is 0. The summed E-state index contributed by atoms with van der Waals surface area (Å²) in [5.74, 6) is 0. The van der Waals surface area contributed by atoms with Crippen molar-refractivity contribution >= 4 is 11.6 Å². The van der Waals surface area contributed by atoms with Crippen molar-refractivity contribution in [1.29, 1.82) is 0 Å². The zero-order chi connectivity index (χ0) is 11.4. The van der Waals surface area contributed by atoms with Gasteiger partial charge in [0.15, 0.2) is 0 Å². The lowest BCUT2D eigenvalue weighted by Crippen LogP contribution is -1.54. The molecule has 0 nitrogen and oxygen atoms in total. The molecule has 0 radical (unpaired) electrons. The predicted octanol–water partition coefficient (Wildman–Crippen LogP) is 4.20. The van der Waals surface area contributed by atoms with Gasteiger partial charge in [0.05, 0.1) is 0 Å². The Labute approximate surface area is 75.5 Å². The van der Waals surface area contributed by atoms with Gasteiger partial charge in [-0.2, -0.15) is 22.0 Å². The van der Waals surface area contributed by atoms with Crippen molar-refractivity contribution in [2.45, 2.75) is 0 Å². The van der Waals surface area contributed by atoms with Crippen LogP contribution in [0.2, 0.25) is 0 Å². The summed E-state index contributed by atoms with van der Waals surface area (Å²) in [4.78, 5) is 0. The zero-order valence-corrected chi connectivity index (χ0v) is 6.69. The monoisotopic (exact) mass is 224 g/mol. The molecule has 0 aromatic rings. The summed E-state index contributed by atoms with van der Waals surface area (Å²) < 4.78 is 61.9. The fourth-order valence-electron chi connectivity index (χ4n) is 0. The Morgan fingerprint density at radius 3 is 1.23 bits per heavy atom. The van der Waals surface area contributed by atoms with Crippen LogP contribution < -0.4 is 0 Å². The molecular formula is C6H3ClF6. The predicted molar refractivity (Wildman–Crippen MR) is 37.5 cm³/mol. The van der Waals surface area contributed by atoms with E-state index < -0.39 is 17.4 Å². The highest BCUT2D eigenvalue weighted by molar-refractivity contribution is 6.28. The lowest BCUT2D eigenvalue weighted by Gasteiger charge is -1.70. The Hall–Kier alpha value is -1.09. The molecule has 0 aliphatic rings. The normalized spacial score (nSPS) is 6.31. The standard InChI is InChI=1S/C2ClF3.C2H2F2.C2HF/c3-1(4)2(5)6;1-2(3)4;1-2-3/h;1H2;1H. The van der Waals surface area contributed by atoms with Gasteiger partial charge >= 0.3 is 6.08 Å². The van der Waals surface area contributed by atoms with E-state index >= 15 is 0 Å². The van der Waals surface area contributed by atoms with E-state index in [1.807, 2.05) is 0 Å². The molecule has 0 spiro atoms. The van der Waals surface area contributed by atoms with Crippen molar-refractivity contribution in [2.75, 3.05) is 0 Å². The Kier molecular flexibility index (Phi) is 18.5. The van der Waals surface area contributed by atoms with E-state index in [4.69, 9.17) is 0 Å². The van der Waals surface area contributed by atoms with Gasteiger partial charge < -0.3 is 0 Å². The van der Waals surface area contributed by atoms with Crippen molar-refractivity contribution in [3.63, 3.8) is 0 Å². The summed E-state index contributed by atoms with van der Waals surface area (Å²) in [7, 11) is 0. The van der Waals surface area contributed by atoms with Gasteiger partial charge in [-0.1, -0.05) is 6.42 Å². The van der Waals surface area contributed by atoms with Gasteiger partial charge in [-0.25, -0.2) is 0 Å². The first-order valence-electron chi connectivity index (χ1n) is 2.22. The SMILES string of the molecule is C#CF.C=C(F)F.FC(F)=C(F)Cl. The maximum absolute atomic E-state index is 10.7. The van der Waals surface area contributed by atoms with Crippen LogP contribution in [-0.2, 0) is 0 Å². The number of halogens is 7. The third kappa shape index (κ3) is 102. The third-order valence-electron chi connectivity index (χ3n) is 0.143. The topological polar surface area (TPSA) is 0 Å². The molecule has 0 amide bonds. The molecule has 13 heavy (non-hydrogen) atoms. The maximum atomic E-state index is 10.7. The highest BCUT2D eigenvalue weighted by Crippen LogP contribution is 2.11. The Bertz CT molecular complexity index is 182. The summed E-state index contributed by atoms with van der Waals surface area (Å²) >= 11 is 4.08. The lowest BCUT2D eigenvalue weighted by molar-refractivity contribution is 0.393. The van der Waals surface area contributed by atoms with Crippen molar-refractivity contribution in [1.82, 2.24) is 0 Å². The van der Waals surface area contributed by atoms with Crippen LogP contribution in [0.25, 0.3) is 0 Å². The number of hydrogen-bond acceptors (Lipinski definition) is 0. The van der Waals surface area contributed by atoms with Gasteiger partial charge in [0.25, 0.3) is 11.4 Å². The van der Waals surface area contributed by atoms with Crippen LogP contribution >= 0.6 is 11.6 Å². The zero-order valence-electron chi connectivity index (χ0n) is 5.93. The molecule has 0 aromatic heterocycles.